The molecule has 7 heteroatoms. The number of likely N-dealkylation sites (tertiary alicyclic amines) is 1. The second-order valence-corrected chi connectivity index (χ2v) is 9.94. The van der Waals surface area contributed by atoms with Gasteiger partial charge in [-0.25, -0.2) is 9.59 Å². The van der Waals surface area contributed by atoms with Gasteiger partial charge in [-0.15, -0.1) is 0 Å². The standard InChI is InChI=1S/C28H32N2O5/c1-2-8-24(26(31)30-15-17-9-7-14-18(17)25(30)27(32)33)29-28(34)35-16-23-21-12-5-3-10-19(21)20-11-4-6-13-22(20)23/h3-6,10-13,17-18,23-25H,2,7-9,14-16H2,1H3,(H,29,34)(H,32,33). The number of amides is 2. The topological polar surface area (TPSA) is 95.9 Å². The number of fused-ring (bicyclic) bond motifs is 4. The highest BCUT2D eigenvalue weighted by molar-refractivity contribution is 5.90. The molecule has 1 aliphatic heterocycles. The number of ether oxygens (including phenoxy) is 1. The van der Waals surface area contributed by atoms with Crippen molar-refractivity contribution in [1.82, 2.24) is 10.2 Å². The molecule has 0 aromatic heterocycles. The summed E-state index contributed by atoms with van der Waals surface area (Å²) >= 11 is 0. The molecule has 35 heavy (non-hydrogen) atoms. The van der Waals surface area contributed by atoms with Crippen molar-refractivity contribution in [2.75, 3.05) is 13.2 Å². The summed E-state index contributed by atoms with van der Waals surface area (Å²) < 4.78 is 5.64. The number of hydrogen-bond acceptors (Lipinski definition) is 4. The van der Waals surface area contributed by atoms with Crippen LogP contribution in [0.2, 0.25) is 0 Å². The van der Waals surface area contributed by atoms with Gasteiger partial charge in [0.1, 0.15) is 18.7 Å². The van der Waals surface area contributed by atoms with Crippen molar-refractivity contribution in [3.63, 3.8) is 0 Å². The number of carbonyl (C=O) groups is 3. The molecule has 0 spiro atoms. The number of carboxylic acids is 1. The second-order valence-electron chi connectivity index (χ2n) is 9.94. The molecule has 5 rings (SSSR count). The summed E-state index contributed by atoms with van der Waals surface area (Å²) in [5.41, 5.74) is 4.54. The molecule has 1 saturated heterocycles. The highest BCUT2D eigenvalue weighted by atomic mass is 16.5. The van der Waals surface area contributed by atoms with Gasteiger partial charge in [-0.2, -0.15) is 0 Å². The Bertz CT molecular complexity index is 1090. The summed E-state index contributed by atoms with van der Waals surface area (Å²) in [6.45, 7) is 2.55. The molecule has 0 bridgehead atoms. The number of nitrogens with zero attached hydrogens (tertiary/aromatic N) is 1. The molecule has 2 aliphatic carbocycles. The van der Waals surface area contributed by atoms with Crippen LogP contribution in [0.4, 0.5) is 4.79 Å². The summed E-state index contributed by atoms with van der Waals surface area (Å²) in [5.74, 6) is -1.10. The summed E-state index contributed by atoms with van der Waals surface area (Å²) in [6.07, 6.45) is 3.27. The van der Waals surface area contributed by atoms with Crippen LogP contribution in [0, 0.1) is 11.8 Å². The number of alkyl carbamates (subject to hydrolysis) is 1. The Morgan fingerprint density at radius 1 is 1.06 bits per heavy atom. The fourth-order valence-electron chi connectivity index (χ4n) is 6.38. The summed E-state index contributed by atoms with van der Waals surface area (Å²) in [4.78, 5) is 39.7. The Kier molecular flexibility index (Phi) is 6.50. The van der Waals surface area contributed by atoms with Gasteiger partial charge in [-0.05, 0) is 53.4 Å². The van der Waals surface area contributed by atoms with Crippen LogP contribution >= 0.6 is 0 Å². The molecule has 2 amide bonds. The Hall–Kier alpha value is -3.35. The van der Waals surface area contributed by atoms with Crippen LogP contribution in [0.5, 0.6) is 0 Å². The number of hydrogen-bond donors (Lipinski definition) is 2. The van der Waals surface area contributed by atoms with Crippen LogP contribution in [0.15, 0.2) is 48.5 Å². The van der Waals surface area contributed by atoms with Crippen LogP contribution in [0.25, 0.3) is 11.1 Å². The van der Waals surface area contributed by atoms with E-state index in [0.717, 1.165) is 41.5 Å². The zero-order valence-corrected chi connectivity index (χ0v) is 20.0. The van der Waals surface area contributed by atoms with Gasteiger partial charge in [0.2, 0.25) is 5.91 Å². The number of carbonyl (C=O) groups excluding carboxylic acids is 2. The quantitative estimate of drug-likeness (QED) is 0.617. The normalized spacial score (nSPS) is 23.3. The lowest BCUT2D eigenvalue weighted by atomic mass is 9.94. The van der Waals surface area contributed by atoms with E-state index in [4.69, 9.17) is 4.74 Å². The predicted molar refractivity (Wildman–Crippen MR) is 131 cm³/mol. The minimum atomic E-state index is -0.955. The molecule has 2 fully saturated rings. The van der Waals surface area contributed by atoms with E-state index in [1.165, 1.54) is 4.90 Å². The van der Waals surface area contributed by atoms with E-state index in [1.807, 2.05) is 31.2 Å². The number of carboxylic acid groups (broad SMARTS) is 1. The second kappa shape index (κ2) is 9.72. The van der Waals surface area contributed by atoms with Gasteiger partial charge in [-0.3, -0.25) is 4.79 Å². The van der Waals surface area contributed by atoms with E-state index >= 15 is 0 Å². The summed E-state index contributed by atoms with van der Waals surface area (Å²) in [7, 11) is 0. The van der Waals surface area contributed by atoms with Gasteiger partial charge in [-0.1, -0.05) is 68.3 Å². The average molecular weight is 477 g/mol. The van der Waals surface area contributed by atoms with Crippen LogP contribution in [0.3, 0.4) is 0 Å². The lowest BCUT2D eigenvalue weighted by molar-refractivity contribution is -0.150. The fourth-order valence-corrected chi connectivity index (χ4v) is 6.38. The molecule has 2 aromatic rings. The molecule has 0 radical (unpaired) electrons. The molecule has 1 saturated carbocycles. The minimum Gasteiger partial charge on any atom is -0.480 e. The molecule has 2 aromatic carbocycles. The van der Waals surface area contributed by atoms with Crippen molar-refractivity contribution >= 4 is 18.0 Å². The molecule has 7 nitrogen and oxygen atoms in total. The third kappa shape index (κ3) is 4.28. The van der Waals surface area contributed by atoms with Gasteiger partial charge >= 0.3 is 12.1 Å². The predicted octanol–water partition coefficient (Wildman–Crippen LogP) is 4.41. The van der Waals surface area contributed by atoms with Gasteiger partial charge in [0.25, 0.3) is 0 Å². The smallest absolute Gasteiger partial charge is 0.407 e. The maximum absolute atomic E-state index is 13.4. The third-order valence-corrected chi connectivity index (χ3v) is 7.94. The van der Waals surface area contributed by atoms with Crippen LogP contribution in [-0.2, 0) is 14.3 Å². The number of aliphatic carboxylic acids is 1. The van der Waals surface area contributed by atoms with Crippen LogP contribution < -0.4 is 5.32 Å². The first kappa shape index (κ1) is 23.4. The molecule has 2 N–H and O–H groups in total. The van der Waals surface area contributed by atoms with Gasteiger partial charge in [0.05, 0.1) is 0 Å². The van der Waals surface area contributed by atoms with E-state index in [1.54, 1.807) is 0 Å². The first-order valence-electron chi connectivity index (χ1n) is 12.6. The first-order chi connectivity index (χ1) is 17.0. The Morgan fingerprint density at radius 2 is 1.71 bits per heavy atom. The maximum atomic E-state index is 13.4. The third-order valence-electron chi connectivity index (χ3n) is 7.94. The highest BCUT2D eigenvalue weighted by Crippen LogP contribution is 2.45. The minimum absolute atomic E-state index is 0.00758. The SMILES string of the molecule is CCCC(NC(=O)OCC1c2ccccc2-c2ccccc21)C(=O)N1CC2CCCC2C1C(=O)O. The van der Waals surface area contributed by atoms with E-state index < -0.39 is 24.1 Å². The lowest BCUT2D eigenvalue weighted by Gasteiger charge is -2.29. The summed E-state index contributed by atoms with van der Waals surface area (Å²) in [5, 5.41) is 12.6. The fraction of sp³-hybridized carbons (Fsp3) is 0.464. The number of benzene rings is 2. The average Bonchev–Trinajstić information content (AvgIpc) is 3.53. The molecule has 4 unspecified atom stereocenters. The van der Waals surface area contributed by atoms with Crippen molar-refractivity contribution in [2.24, 2.45) is 11.8 Å². The maximum Gasteiger partial charge on any atom is 0.407 e. The summed E-state index contributed by atoms with van der Waals surface area (Å²) in [6, 6.07) is 14.6. The van der Waals surface area contributed by atoms with Crippen molar-refractivity contribution < 1.29 is 24.2 Å². The zero-order valence-electron chi connectivity index (χ0n) is 20.0. The van der Waals surface area contributed by atoms with Crippen LogP contribution in [-0.4, -0.2) is 53.2 Å². The van der Waals surface area contributed by atoms with Gasteiger partial charge in [0, 0.05) is 12.5 Å². The monoisotopic (exact) mass is 476 g/mol. The van der Waals surface area contributed by atoms with Crippen LogP contribution in [0.1, 0.15) is 56.1 Å². The van der Waals surface area contributed by atoms with Gasteiger partial charge < -0.3 is 20.1 Å². The van der Waals surface area contributed by atoms with Gasteiger partial charge in [0.15, 0.2) is 0 Å². The van der Waals surface area contributed by atoms with Crippen molar-refractivity contribution in [2.45, 2.75) is 57.0 Å². The van der Waals surface area contributed by atoms with E-state index in [9.17, 15) is 19.5 Å². The number of rotatable bonds is 7. The Morgan fingerprint density at radius 3 is 2.34 bits per heavy atom. The number of nitrogens with one attached hydrogen (secondary N) is 1. The van der Waals surface area contributed by atoms with Crippen molar-refractivity contribution in [1.29, 1.82) is 0 Å². The molecule has 4 atom stereocenters. The molecular formula is C28H32N2O5. The molecule has 184 valence electrons. The zero-order chi connectivity index (χ0) is 24.5. The van der Waals surface area contributed by atoms with E-state index in [-0.39, 0.29) is 30.3 Å². The molecular weight excluding hydrogens is 444 g/mol. The Labute approximate surface area is 205 Å². The van der Waals surface area contributed by atoms with E-state index in [0.29, 0.717) is 19.4 Å². The Balaban J connectivity index is 1.26. The largest absolute Gasteiger partial charge is 0.480 e. The molecule has 3 aliphatic rings. The first-order valence-corrected chi connectivity index (χ1v) is 12.6. The lowest BCUT2D eigenvalue weighted by Crippen LogP contribution is -2.52. The van der Waals surface area contributed by atoms with E-state index in [2.05, 4.69) is 29.6 Å². The highest BCUT2D eigenvalue weighted by Gasteiger charge is 2.50. The molecule has 1 heterocycles. The van der Waals surface area contributed by atoms with Crippen molar-refractivity contribution in [3.05, 3.63) is 59.7 Å². The van der Waals surface area contributed by atoms with Crippen molar-refractivity contribution in [3.8, 4) is 11.1 Å².